The first-order valence-corrected chi connectivity index (χ1v) is 22.6. The van der Waals surface area contributed by atoms with Crippen LogP contribution in [0.1, 0.15) is 142 Å². The van der Waals surface area contributed by atoms with Crippen molar-refractivity contribution >= 4 is 23.6 Å². The molecule has 10 nitrogen and oxygen atoms in total. The molecular formula is C44H68F2N4O6. The Morgan fingerprint density at radius 1 is 0.786 bits per heavy atom. The van der Waals surface area contributed by atoms with E-state index in [1.165, 1.54) is 32.1 Å². The maximum absolute atomic E-state index is 15.2. The number of ether oxygens (including phenoxy) is 1. The zero-order chi connectivity index (χ0) is 39.4. The number of amides is 4. The van der Waals surface area contributed by atoms with Crippen LogP contribution < -0.4 is 5.32 Å². The molecular weight excluding hydrogens is 719 g/mol. The first-order valence-electron chi connectivity index (χ1n) is 22.6. The number of aliphatic hydroxyl groups excluding tert-OH is 1. The van der Waals surface area contributed by atoms with Crippen LogP contribution in [-0.4, -0.2) is 113 Å². The predicted molar refractivity (Wildman–Crippen MR) is 208 cm³/mol. The van der Waals surface area contributed by atoms with Crippen LogP contribution in [0.5, 0.6) is 0 Å². The highest BCUT2D eigenvalue weighted by molar-refractivity contribution is 6.10. The standard InChI is InChI=1S/C44H68F2N4O6/c1-2-35(29-7-4-3-5-8-29)40(30-9-14-33(51)15-10-30)31-11-16-34(17-12-31)56-28-44(45,46)21-6-22-48-23-25-49(26-24-48)32-13-18-36-37(27-32)43(55)50(42(36)54)38-19-20-39(52)47-41(38)53/h29-34,36-38,51H,2-28H2,1H3,(H,47,52,53)/b40-35-. The lowest BCUT2D eigenvalue weighted by molar-refractivity contribution is -0.151. The molecule has 3 saturated heterocycles. The summed E-state index contributed by atoms with van der Waals surface area (Å²) < 4.78 is 36.3. The molecule has 0 radical (unpaired) electrons. The number of nitrogens with zero attached hydrogens (tertiary/aromatic N) is 3. The van der Waals surface area contributed by atoms with E-state index in [9.17, 15) is 24.3 Å². The van der Waals surface area contributed by atoms with Gasteiger partial charge in [0, 0.05) is 45.1 Å². The summed E-state index contributed by atoms with van der Waals surface area (Å²) in [6.07, 6.45) is 17.6. The smallest absolute Gasteiger partial charge is 0.271 e. The summed E-state index contributed by atoms with van der Waals surface area (Å²) in [6, 6.07) is -0.730. The first kappa shape index (κ1) is 41.9. The normalized spacial score (nSPS) is 35.0. The number of carbonyl (C=O) groups is 4. The number of carbonyl (C=O) groups excluding carboxylic acids is 4. The van der Waals surface area contributed by atoms with Gasteiger partial charge < -0.3 is 14.7 Å². The number of nitrogens with one attached hydrogen (secondary N) is 1. The van der Waals surface area contributed by atoms with Gasteiger partial charge in [-0.3, -0.25) is 34.3 Å². The SMILES string of the molecule is CC/C(=C(\C1CCC(O)CC1)C1CCC(OCC(F)(F)CCCN2CCN(C3CCC4C(=O)N(C5CCC(=O)NC5=O)C(=O)C4C3)CC2)CC1)C1CCCCC1. The van der Waals surface area contributed by atoms with Crippen molar-refractivity contribution in [2.75, 3.05) is 39.3 Å². The molecule has 314 valence electrons. The fourth-order valence-electron chi connectivity index (χ4n) is 11.9. The lowest BCUT2D eigenvalue weighted by Gasteiger charge is -2.42. The van der Waals surface area contributed by atoms with Gasteiger partial charge in [0.15, 0.2) is 0 Å². The largest absolute Gasteiger partial charge is 0.393 e. The Balaban J connectivity index is 0.818. The van der Waals surface area contributed by atoms with Crippen molar-refractivity contribution in [3.63, 3.8) is 0 Å². The lowest BCUT2D eigenvalue weighted by atomic mass is 9.68. The number of hydrogen-bond donors (Lipinski definition) is 2. The molecule has 4 atom stereocenters. The van der Waals surface area contributed by atoms with E-state index in [1.807, 2.05) is 0 Å². The third-order valence-corrected chi connectivity index (χ3v) is 15.0. The summed E-state index contributed by atoms with van der Waals surface area (Å²) in [7, 11) is 0. The minimum atomic E-state index is -2.85. The molecule has 0 spiro atoms. The third-order valence-electron chi connectivity index (χ3n) is 15.0. The molecule has 4 unspecified atom stereocenters. The summed E-state index contributed by atoms with van der Waals surface area (Å²) in [6.45, 7) is 5.59. The Morgan fingerprint density at radius 2 is 1.45 bits per heavy atom. The number of halogens is 2. The fraction of sp³-hybridized carbons (Fsp3) is 0.864. The highest BCUT2D eigenvalue weighted by Gasteiger charge is 2.54. The fourth-order valence-corrected chi connectivity index (χ4v) is 11.9. The van der Waals surface area contributed by atoms with Gasteiger partial charge in [-0.25, -0.2) is 8.78 Å². The number of allylic oxidation sites excluding steroid dienone is 2. The van der Waals surface area contributed by atoms with Crippen LogP contribution in [-0.2, 0) is 23.9 Å². The summed E-state index contributed by atoms with van der Waals surface area (Å²) in [5.74, 6) is -3.40. The first-order chi connectivity index (χ1) is 27.0. The second kappa shape index (κ2) is 18.8. The van der Waals surface area contributed by atoms with Gasteiger partial charge in [0.1, 0.15) is 12.6 Å². The number of piperidine rings is 1. The monoisotopic (exact) mass is 787 g/mol. The summed E-state index contributed by atoms with van der Waals surface area (Å²) in [5.41, 5.74) is 3.40. The van der Waals surface area contributed by atoms with E-state index in [0.717, 1.165) is 95.3 Å². The van der Waals surface area contributed by atoms with Crippen molar-refractivity contribution in [1.82, 2.24) is 20.0 Å². The van der Waals surface area contributed by atoms with Crippen LogP contribution >= 0.6 is 0 Å². The number of alkyl halides is 2. The highest BCUT2D eigenvalue weighted by atomic mass is 19.3. The van der Waals surface area contributed by atoms with Crippen molar-refractivity contribution in [1.29, 1.82) is 0 Å². The number of likely N-dealkylation sites (tertiary alicyclic amines) is 1. The number of imide groups is 2. The lowest BCUT2D eigenvalue weighted by Crippen LogP contribution is -2.54. The second-order valence-corrected chi connectivity index (χ2v) is 18.5. The number of rotatable bonds is 13. The van der Waals surface area contributed by atoms with Gasteiger partial charge in [-0.2, -0.15) is 0 Å². The van der Waals surface area contributed by atoms with Crippen LogP contribution in [0.2, 0.25) is 0 Å². The van der Waals surface area contributed by atoms with Crippen LogP contribution in [0.4, 0.5) is 8.78 Å². The van der Waals surface area contributed by atoms with Gasteiger partial charge in [-0.1, -0.05) is 37.3 Å². The maximum atomic E-state index is 15.2. The predicted octanol–water partition coefficient (Wildman–Crippen LogP) is 6.39. The molecule has 0 aromatic rings. The van der Waals surface area contributed by atoms with E-state index >= 15 is 8.78 Å². The van der Waals surface area contributed by atoms with Crippen molar-refractivity contribution in [2.45, 2.75) is 172 Å². The van der Waals surface area contributed by atoms with Crippen molar-refractivity contribution in [2.24, 2.45) is 29.6 Å². The average Bonchev–Trinajstić information content (AvgIpc) is 3.45. The molecule has 7 rings (SSSR count). The molecule has 0 aromatic heterocycles. The zero-order valence-corrected chi connectivity index (χ0v) is 33.9. The van der Waals surface area contributed by atoms with Crippen LogP contribution in [0.25, 0.3) is 0 Å². The van der Waals surface area contributed by atoms with E-state index < -0.39 is 36.3 Å². The summed E-state index contributed by atoms with van der Waals surface area (Å²) in [5, 5.41) is 12.5. The average molecular weight is 787 g/mol. The molecule has 7 aliphatic rings. The summed E-state index contributed by atoms with van der Waals surface area (Å²) >= 11 is 0. The van der Waals surface area contributed by atoms with Gasteiger partial charge in [-0.15, -0.1) is 0 Å². The molecule has 56 heavy (non-hydrogen) atoms. The Kier molecular flexibility index (Phi) is 14.0. The van der Waals surface area contributed by atoms with E-state index in [0.29, 0.717) is 43.6 Å². The number of piperazine rings is 1. The van der Waals surface area contributed by atoms with Crippen molar-refractivity contribution < 1.29 is 37.8 Å². The minimum Gasteiger partial charge on any atom is -0.393 e. The van der Waals surface area contributed by atoms with E-state index in [4.69, 9.17) is 4.74 Å². The number of fused-ring (bicyclic) bond motifs is 1. The minimum absolute atomic E-state index is 0.104. The van der Waals surface area contributed by atoms with Crippen LogP contribution in [0.15, 0.2) is 11.1 Å². The highest BCUT2D eigenvalue weighted by Crippen LogP contribution is 2.46. The maximum Gasteiger partial charge on any atom is 0.271 e. The molecule has 0 aromatic carbocycles. The van der Waals surface area contributed by atoms with Gasteiger partial charge in [-0.05, 0) is 127 Å². The van der Waals surface area contributed by atoms with Crippen molar-refractivity contribution in [3.05, 3.63) is 11.1 Å². The number of hydrogen-bond acceptors (Lipinski definition) is 8. The van der Waals surface area contributed by atoms with Gasteiger partial charge >= 0.3 is 0 Å². The second-order valence-electron chi connectivity index (χ2n) is 18.5. The molecule has 0 bridgehead atoms. The molecule has 2 N–H and O–H groups in total. The molecule has 7 fully saturated rings. The molecule has 12 heteroatoms. The van der Waals surface area contributed by atoms with Gasteiger partial charge in [0.25, 0.3) is 5.92 Å². The summed E-state index contributed by atoms with van der Waals surface area (Å²) in [4.78, 5) is 56.5. The van der Waals surface area contributed by atoms with E-state index in [-0.39, 0.29) is 55.2 Å². The van der Waals surface area contributed by atoms with Gasteiger partial charge in [0.2, 0.25) is 23.6 Å². The Bertz CT molecular complexity index is 1430. The van der Waals surface area contributed by atoms with E-state index in [1.54, 1.807) is 11.1 Å². The topological polar surface area (TPSA) is 119 Å². The van der Waals surface area contributed by atoms with Crippen LogP contribution in [0.3, 0.4) is 0 Å². The Morgan fingerprint density at radius 3 is 2.11 bits per heavy atom. The quantitative estimate of drug-likeness (QED) is 0.163. The Hall–Kier alpha value is -2.28. The Labute approximate surface area is 332 Å². The zero-order valence-electron chi connectivity index (χ0n) is 33.9. The van der Waals surface area contributed by atoms with Crippen LogP contribution in [0, 0.1) is 29.6 Å². The molecule has 4 amide bonds. The molecule has 3 heterocycles. The molecule has 4 saturated carbocycles. The van der Waals surface area contributed by atoms with Gasteiger partial charge in [0.05, 0.1) is 24.0 Å². The van der Waals surface area contributed by atoms with E-state index in [2.05, 4.69) is 22.0 Å². The number of aliphatic hydroxyl groups is 1. The third kappa shape index (κ3) is 9.77. The molecule has 3 aliphatic heterocycles. The van der Waals surface area contributed by atoms with Crippen molar-refractivity contribution in [3.8, 4) is 0 Å². The molecule has 4 aliphatic carbocycles.